The number of ether oxygens (including phenoxy) is 1. The fourth-order valence-corrected chi connectivity index (χ4v) is 1.93. The van der Waals surface area contributed by atoms with Crippen LogP contribution in [0.2, 0.25) is 5.02 Å². The molecular formula is C9H9ClO3S. The average Bonchev–Trinajstić information content (AvgIpc) is 2.19. The number of carbonyl (C=O) groups is 1. The monoisotopic (exact) mass is 232 g/mol. The summed E-state index contributed by atoms with van der Waals surface area (Å²) in [6, 6.07) is 6.74. The normalized spacial score (nSPS) is 12.1. The van der Waals surface area contributed by atoms with Gasteiger partial charge in [-0.05, 0) is 35.4 Å². The lowest BCUT2D eigenvalue weighted by molar-refractivity contribution is -0.128. The van der Waals surface area contributed by atoms with E-state index in [9.17, 15) is 9.35 Å². The summed E-state index contributed by atoms with van der Waals surface area (Å²) in [5, 5.41) is 0.606. The summed E-state index contributed by atoms with van der Waals surface area (Å²) in [5.41, 5.74) is 0. The maximum atomic E-state index is 11.5. The minimum Gasteiger partial charge on any atom is -0.611 e. The molecule has 0 radical (unpaired) electrons. The van der Waals surface area contributed by atoms with Crippen LogP contribution in [0.1, 0.15) is 0 Å². The molecule has 1 aromatic carbocycles. The highest BCUT2D eigenvalue weighted by Gasteiger charge is 2.09. The minimum atomic E-state index is -1.14. The standard InChI is InChI=1S/C9H9ClO3S/c10-8-1-3-9(4-2-8)14(12)6-5-13-7-11/h1-4,7H,5-6H2. The highest BCUT2D eigenvalue weighted by atomic mass is 35.5. The fraction of sp³-hybridized carbons (Fsp3) is 0.222. The van der Waals surface area contributed by atoms with Gasteiger partial charge in [0.1, 0.15) is 12.4 Å². The highest BCUT2D eigenvalue weighted by Crippen LogP contribution is 2.15. The SMILES string of the molecule is O=COCC[S+]([O-])c1ccc(Cl)cc1. The van der Waals surface area contributed by atoms with Crippen LogP contribution < -0.4 is 0 Å². The van der Waals surface area contributed by atoms with Gasteiger partial charge in [-0.1, -0.05) is 11.6 Å². The molecule has 0 aliphatic carbocycles. The van der Waals surface area contributed by atoms with Gasteiger partial charge in [0.25, 0.3) is 6.47 Å². The summed E-state index contributed by atoms with van der Waals surface area (Å²) in [5.74, 6) is 0.306. The maximum absolute atomic E-state index is 11.5. The molecule has 0 spiro atoms. The van der Waals surface area contributed by atoms with Crippen molar-refractivity contribution in [1.82, 2.24) is 0 Å². The lowest BCUT2D eigenvalue weighted by Crippen LogP contribution is -2.11. The van der Waals surface area contributed by atoms with Gasteiger partial charge in [-0.15, -0.1) is 0 Å². The molecule has 5 heteroatoms. The van der Waals surface area contributed by atoms with Crippen molar-refractivity contribution in [3.8, 4) is 0 Å². The summed E-state index contributed by atoms with van der Waals surface area (Å²) >= 11 is 4.54. The van der Waals surface area contributed by atoms with Crippen molar-refractivity contribution in [1.29, 1.82) is 0 Å². The Kier molecular flexibility index (Phi) is 4.79. The molecule has 0 bridgehead atoms. The average molecular weight is 233 g/mol. The first-order chi connectivity index (χ1) is 6.74. The van der Waals surface area contributed by atoms with Crippen LogP contribution >= 0.6 is 11.6 Å². The zero-order chi connectivity index (χ0) is 10.4. The zero-order valence-corrected chi connectivity index (χ0v) is 8.88. The van der Waals surface area contributed by atoms with E-state index in [2.05, 4.69) is 4.74 Å². The smallest absolute Gasteiger partial charge is 0.293 e. The van der Waals surface area contributed by atoms with Crippen molar-refractivity contribution in [3.63, 3.8) is 0 Å². The molecule has 1 aromatic rings. The predicted octanol–water partition coefficient (Wildman–Crippen LogP) is 1.62. The van der Waals surface area contributed by atoms with Gasteiger partial charge in [0.15, 0.2) is 4.90 Å². The topological polar surface area (TPSA) is 49.4 Å². The Balaban J connectivity index is 2.47. The van der Waals surface area contributed by atoms with Crippen molar-refractivity contribution < 1.29 is 14.1 Å². The second-order valence-electron chi connectivity index (χ2n) is 2.47. The Morgan fingerprint density at radius 3 is 2.64 bits per heavy atom. The second kappa shape index (κ2) is 5.90. The van der Waals surface area contributed by atoms with E-state index in [0.717, 1.165) is 0 Å². The largest absolute Gasteiger partial charge is 0.611 e. The molecule has 0 N–H and O–H groups in total. The summed E-state index contributed by atoms with van der Waals surface area (Å²) in [7, 11) is 0. The number of rotatable bonds is 5. The van der Waals surface area contributed by atoms with Gasteiger partial charge in [0.2, 0.25) is 0 Å². The second-order valence-corrected chi connectivity index (χ2v) is 4.48. The first-order valence-corrected chi connectivity index (χ1v) is 5.63. The van der Waals surface area contributed by atoms with Gasteiger partial charge in [-0.2, -0.15) is 0 Å². The van der Waals surface area contributed by atoms with Crippen LogP contribution in [0.3, 0.4) is 0 Å². The van der Waals surface area contributed by atoms with E-state index >= 15 is 0 Å². The van der Waals surface area contributed by atoms with E-state index in [-0.39, 0.29) is 6.61 Å². The van der Waals surface area contributed by atoms with Crippen LogP contribution in [-0.4, -0.2) is 23.4 Å². The minimum absolute atomic E-state index is 0.165. The molecule has 1 rings (SSSR count). The van der Waals surface area contributed by atoms with Crippen LogP contribution in [-0.2, 0) is 20.7 Å². The van der Waals surface area contributed by atoms with Crippen LogP contribution in [0.25, 0.3) is 0 Å². The van der Waals surface area contributed by atoms with E-state index < -0.39 is 11.2 Å². The third kappa shape index (κ3) is 3.57. The Labute approximate surface area is 90.2 Å². The van der Waals surface area contributed by atoms with Crippen molar-refractivity contribution >= 4 is 29.2 Å². The molecule has 0 saturated carbocycles. The molecule has 76 valence electrons. The molecular weight excluding hydrogens is 224 g/mol. The number of hydrogen-bond acceptors (Lipinski definition) is 3. The maximum Gasteiger partial charge on any atom is 0.293 e. The van der Waals surface area contributed by atoms with Crippen molar-refractivity contribution in [2.75, 3.05) is 12.4 Å². The van der Waals surface area contributed by atoms with Gasteiger partial charge in [0.05, 0.1) is 0 Å². The number of carbonyl (C=O) groups excluding carboxylic acids is 1. The molecule has 14 heavy (non-hydrogen) atoms. The molecule has 0 heterocycles. The van der Waals surface area contributed by atoms with Gasteiger partial charge >= 0.3 is 0 Å². The lowest BCUT2D eigenvalue weighted by Gasteiger charge is -2.09. The molecule has 0 saturated heterocycles. The van der Waals surface area contributed by atoms with Crippen LogP contribution in [0.15, 0.2) is 29.2 Å². The quantitative estimate of drug-likeness (QED) is 0.440. The summed E-state index contributed by atoms with van der Waals surface area (Å²) < 4.78 is 16.0. The molecule has 0 aliphatic heterocycles. The van der Waals surface area contributed by atoms with Gasteiger partial charge in [0, 0.05) is 5.02 Å². The van der Waals surface area contributed by atoms with E-state index in [1.165, 1.54) is 0 Å². The molecule has 0 aromatic heterocycles. The van der Waals surface area contributed by atoms with E-state index in [4.69, 9.17) is 11.6 Å². The molecule has 1 unspecified atom stereocenters. The molecule has 0 aliphatic rings. The van der Waals surface area contributed by atoms with Crippen LogP contribution in [0.4, 0.5) is 0 Å². The first-order valence-electron chi connectivity index (χ1n) is 3.93. The van der Waals surface area contributed by atoms with E-state index in [1.807, 2.05) is 0 Å². The summed E-state index contributed by atoms with van der Waals surface area (Å²) in [4.78, 5) is 10.5. The third-order valence-electron chi connectivity index (χ3n) is 1.53. The van der Waals surface area contributed by atoms with Crippen molar-refractivity contribution in [2.45, 2.75) is 4.90 Å². The number of benzene rings is 1. The molecule has 1 atom stereocenters. The predicted molar refractivity (Wildman–Crippen MR) is 54.7 cm³/mol. The Morgan fingerprint density at radius 2 is 2.07 bits per heavy atom. The van der Waals surface area contributed by atoms with Gasteiger partial charge in [-0.25, -0.2) is 0 Å². The summed E-state index contributed by atoms with van der Waals surface area (Å²) in [6.07, 6.45) is 0. The summed E-state index contributed by atoms with van der Waals surface area (Å²) in [6.45, 7) is 0.512. The fourth-order valence-electron chi connectivity index (χ4n) is 0.876. The van der Waals surface area contributed by atoms with Crippen LogP contribution in [0, 0.1) is 0 Å². The van der Waals surface area contributed by atoms with Gasteiger partial charge < -0.3 is 9.29 Å². The van der Waals surface area contributed by atoms with Crippen molar-refractivity contribution in [2.24, 2.45) is 0 Å². The highest BCUT2D eigenvalue weighted by molar-refractivity contribution is 7.91. The zero-order valence-electron chi connectivity index (χ0n) is 7.31. The van der Waals surface area contributed by atoms with E-state index in [0.29, 0.717) is 22.1 Å². The lowest BCUT2D eigenvalue weighted by atomic mass is 10.4. The number of hydrogen-bond donors (Lipinski definition) is 0. The Morgan fingerprint density at radius 1 is 1.43 bits per heavy atom. The van der Waals surface area contributed by atoms with E-state index in [1.54, 1.807) is 24.3 Å². The van der Waals surface area contributed by atoms with Crippen molar-refractivity contribution in [3.05, 3.63) is 29.3 Å². The number of halogens is 1. The molecule has 3 nitrogen and oxygen atoms in total. The Bertz CT molecular complexity index is 289. The third-order valence-corrected chi connectivity index (χ3v) is 3.12. The molecule has 0 fully saturated rings. The van der Waals surface area contributed by atoms with Crippen LogP contribution in [0.5, 0.6) is 0 Å². The first kappa shape index (κ1) is 11.4. The Hall–Kier alpha value is -0.710. The molecule has 0 amide bonds. The van der Waals surface area contributed by atoms with Gasteiger partial charge in [-0.3, -0.25) is 4.79 Å².